The van der Waals surface area contributed by atoms with Crippen LogP contribution in [0.2, 0.25) is 0 Å². The lowest BCUT2D eigenvalue weighted by molar-refractivity contribution is 0.183. The molecule has 0 heterocycles. The number of anilines is 1. The SMILES string of the molecule is CCC(O)CNc1ccc(Br)cc1F. The van der Waals surface area contributed by atoms with Crippen molar-refractivity contribution in [3.63, 3.8) is 0 Å². The molecule has 4 heteroatoms. The van der Waals surface area contributed by atoms with Gasteiger partial charge in [0.1, 0.15) is 5.82 Å². The Morgan fingerprint density at radius 3 is 2.86 bits per heavy atom. The molecule has 0 aromatic heterocycles. The van der Waals surface area contributed by atoms with Crippen LogP contribution in [0.25, 0.3) is 0 Å². The maximum atomic E-state index is 13.2. The number of halogens is 2. The van der Waals surface area contributed by atoms with E-state index in [1.807, 2.05) is 6.92 Å². The quantitative estimate of drug-likeness (QED) is 0.874. The van der Waals surface area contributed by atoms with Gasteiger partial charge in [-0.3, -0.25) is 0 Å². The van der Waals surface area contributed by atoms with Crippen LogP contribution in [0.1, 0.15) is 13.3 Å². The van der Waals surface area contributed by atoms with E-state index in [1.54, 1.807) is 12.1 Å². The summed E-state index contributed by atoms with van der Waals surface area (Å²) in [4.78, 5) is 0. The zero-order valence-electron chi connectivity index (χ0n) is 7.93. The Labute approximate surface area is 91.3 Å². The molecule has 0 aliphatic rings. The summed E-state index contributed by atoms with van der Waals surface area (Å²) in [6, 6.07) is 4.78. The predicted octanol–water partition coefficient (Wildman–Crippen LogP) is 2.77. The number of nitrogens with one attached hydrogen (secondary N) is 1. The monoisotopic (exact) mass is 261 g/mol. The zero-order valence-corrected chi connectivity index (χ0v) is 9.51. The fraction of sp³-hybridized carbons (Fsp3) is 0.400. The van der Waals surface area contributed by atoms with Crippen LogP contribution < -0.4 is 5.32 Å². The second-order valence-electron chi connectivity index (χ2n) is 3.07. The van der Waals surface area contributed by atoms with Gasteiger partial charge in [-0.05, 0) is 24.6 Å². The maximum absolute atomic E-state index is 13.2. The van der Waals surface area contributed by atoms with Gasteiger partial charge in [0, 0.05) is 11.0 Å². The lowest BCUT2D eigenvalue weighted by Crippen LogP contribution is -2.18. The molecule has 1 atom stereocenters. The molecule has 14 heavy (non-hydrogen) atoms. The highest BCUT2D eigenvalue weighted by Crippen LogP contribution is 2.19. The van der Waals surface area contributed by atoms with Crippen molar-refractivity contribution in [1.29, 1.82) is 0 Å². The predicted molar refractivity (Wildman–Crippen MR) is 58.9 cm³/mol. The van der Waals surface area contributed by atoms with Gasteiger partial charge in [0.15, 0.2) is 0 Å². The Hall–Kier alpha value is -0.610. The molecule has 0 spiro atoms. The molecule has 0 radical (unpaired) electrons. The van der Waals surface area contributed by atoms with Gasteiger partial charge >= 0.3 is 0 Å². The molecule has 0 aliphatic heterocycles. The molecule has 1 unspecified atom stereocenters. The van der Waals surface area contributed by atoms with Gasteiger partial charge in [0.2, 0.25) is 0 Å². The number of rotatable bonds is 4. The lowest BCUT2D eigenvalue weighted by Gasteiger charge is -2.11. The van der Waals surface area contributed by atoms with Crippen molar-refractivity contribution in [2.45, 2.75) is 19.4 Å². The van der Waals surface area contributed by atoms with Gasteiger partial charge in [-0.25, -0.2) is 4.39 Å². The third-order valence-electron chi connectivity index (χ3n) is 1.93. The van der Waals surface area contributed by atoms with Crippen LogP contribution in [0.5, 0.6) is 0 Å². The summed E-state index contributed by atoms with van der Waals surface area (Å²) in [5.41, 5.74) is 0.417. The van der Waals surface area contributed by atoms with Crippen LogP contribution >= 0.6 is 15.9 Å². The maximum Gasteiger partial charge on any atom is 0.147 e. The summed E-state index contributed by atoms with van der Waals surface area (Å²) in [6.45, 7) is 2.25. The number of aliphatic hydroxyl groups is 1. The summed E-state index contributed by atoms with van der Waals surface area (Å²) in [7, 11) is 0. The molecule has 0 amide bonds. The van der Waals surface area contributed by atoms with E-state index in [4.69, 9.17) is 0 Å². The highest BCUT2D eigenvalue weighted by atomic mass is 79.9. The van der Waals surface area contributed by atoms with Crippen molar-refractivity contribution in [2.75, 3.05) is 11.9 Å². The topological polar surface area (TPSA) is 32.3 Å². The minimum atomic E-state index is -0.432. The number of benzene rings is 1. The van der Waals surface area contributed by atoms with Crippen LogP contribution in [0.3, 0.4) is 0 Å². The minimum Gasteiger partial charge on any atom is -0.391 e. The van der Waals surface area contributed by atoms with Crippen LogP contribution in [0.4, 0.5) is 10.1 Å². The van der Waals surface area contributed by atoms with Gasteiger partial charge in [0.25, 0.3) is 0 Å². The smallest absolute Gasteiger partial charge is 0.147 e. The largest absolute Gasteiger partial charge is 0.391 e. The average Bonchev–Trinajstić information content (AvgIpc) is 2.16. The summed E-state index contributed by atoms with van der Waals surface area (Å²) >= 11 is 3.17. The normalized spacial score (nSPS) is 12.6. The minimum absolute atomic E-state index is 0.317. The average molecular weight is 262 g/mol. The van der Waals surface area contributed by atoms with Crippen molar-refractivity contribution >= 4 is 21.6 Å². The summed E-state index contributed by atoms with van der Waals surface area (Å²) < 4.78 is 13.9. The van der Waals surface area contributed by atoms with E-state index in [1.165, 1.54) is 6.07 Å². The summed E-state index contributed by atoms with van der Waals surface area (Å²) in [5.74, 6) is -0.317. The fourth-order valence-corrected chi connectivity index (χ4v) is 1.34. The first kappa shape index (κ1) is 11.5. The first-order valence-corrected chi connectivity index (χ1v) is 5.29. The second kappa shape index (κ2) is 5.32. The lowest BCUT2D eigenvalue weighted by atomic mass is 10.2. The molecule has 0 saturated heterocycles. The molecule has 1 aromatic carbocycles. The molecular formula is C10H13BrFNO. The molecule has 1 rings (SSSR count). The van der Waals surface area contributed by atoms with Gasteiger partial charge in [-0.2, -0.15) is 0 Å². The van der Waals surface area contributed by atoms with Crippen LogP contribution in [0, 0.1) is 5.82 Å². The fourth-order valence-electron chi connectivity index (χ4n) is 1.00. The van der Waals surface area contributed by atoms with Crippen molar-refractivity contribution < 1.29 is 9.50 Å². The van der Waals surface area contributed by atoms with E-state index in [0.717, 1.165) is 0 Å². The van der Waals surface area contributed by atoms with Gasteiger partial charge in [0.05, 0.1) is 11.8 Å². The summed E-state index contributed by atoms with van der Waals surface area (Å²) in [5, 5.41) is 12.1. The van der Waals surface area contributed by atoms with E-state index >= 15 is 0 Å². The third kappa shape index (κ3) is 3.27. The molecule has 0 fully saturated rings. The van der Waals surface area contributed by atoms with Crippen LogP contribution in [0.15, 0.2) is 22.7 Å². The Morgan fingerprint density at radius 2 is 2.29 bits per heavy atom. The van der Waals surface area contributed by atoms with Gasteiger partial charge in [-0.1, -0.05) is 22.9 Å². The zero-order chi connectivity index (χ0) is 10.6. The van der Waals surface area contributed by atoms with Crippen molar-refractivity contribution in [2.24, 2.45) is 0 Å². The number of hydrogen-bond donors (Lipinski definition) is 2. The van der Waals surface area contributed by atoms with Crippen LogP contribution in [-0.4, -0.2) is 17.8 Å². The molecule has 2 N–H and O–H groups in total. The molecule has 2 nitrogen and oxygen atoms in total. The molecule has 0 saturated carbocycles. The molecule has 0 bridgehead atoms. The first-order valence-electron chi connectivity index (χ1n) is 4.50. The molecule has 1 aromatic rings. The molecular weight excluding hydrogens is 249 g/mol. The Bertz CT molecular complexity index is 306. The Kier molecular flexibility index (Phi) is 4.35. The van der Waals surface area contributed by atoms with E-state index < -0.39 is 6.10 Å². The van der Waals surface area contributed by atoms with Crippen molar-refractivity contribution in [3.05, 3.63) is 28.5 Å². The molecule has 78 valence electrons. The standard InChI is InChI=1S/C10H13BrFNO/c1-2-8(14)6-13-10-4-3-7(11)5-9(10)12/h3-5,8,13-14H,2,6H2,1H3. The number of aliphatic hydroxyl groups excluding tert-OH is 1. The third-order valence-corrected chi connectivity index (χ3v) is 2.42. The van der Waals surface area contributed by atoms with E-state index in [9.17, 15) is 9.50 Å². The van der Waals surface area contributed by atoms with E-state index in [-0.39, 0.29) is 5.82 Å². The van der Waals surface area contributed by atoms with Crippen molar-refractivity contribution in [1.82, 2.24) is 0 Å². The van der Waals surface area contributed by atoms with Gasteiger partial charge in [-0.15, -0.1) is 0 Å². The van der Waals surface area contributed by atoms with Crippen LogP contribution in [-0.2, 0) is 0 Å². The number of hydrogen-bond acceptors (Lipinski definition) is 2. The van der Waals surface area contributed by atoms with Gasteiger partial charge < -0.3 is 10.4 Å². The highest BCUT2D eigenvalue weighted by molar-refractivity contribution is 9.10. The molecule has 0 aliphatic carbocycles. The van der Waals surface area contributed by atoms with Crippen molar-refractivity contribution in [3.8, 4) is 0 Å². The van der Waals surface area contributed by atoms with E-state index in [0.29, 0.717) is 23.1 Å². The Balaban J connectivity index is 2.59. The first-order chi connectivity index (χ1) is 6.63. The van der Waals surface area contributed by atoms with E-state index in [2.05, 4.69) is 21.2 Å². The second-order valence-corrected chi connectivity index (χ2v) is 3.98. The summed E-state index contributed by atoms with van der Waals surface area (Å²) in [6.07, 6.45) is 0.226. The highest BCUT2D eigenvalue weighted by Gasteiger charge is 2.04. The Morgan fingerprint density at radius 1 is 1.57 bits per heavy atom.